The molecule has 0 atom stereocenters. The van der Waals surface area contributed by atoms with Crippen LogP contribution in [0, 0.1) is 5.92 Å². The van der Waals surface area contributed by atoms with Crippen molar-refractivity contribution in [2.45, 2.75) is 47.1 Å². The molecule has 2 N–H and O–H groups in total. The molecule has 1 aromatic heterocycles. The first kappa shape index (κ1) is 24.9. The van der Waals surface area contributed by atoms with Gasteiger partial charge in [0.05, 0.1) is 6.54 Å². The Morgan fingerprint density at radius 1 is 1.11 bits per heavy atom. The van der Waals surface area contributed by atoms with Crippen LogP contribution in [0.5, 0.6) is 0 Å². The highest BCUT2D eigenvalue weighted by Crippen LogP contribution is 2.15. The fourth-order valence-corrected chi connectivity index (χ4v) is 3.36. The van der Waals surface area contributed by atoms with Crippen LogP contribution in [0.15, 0.2) is 23.3 Å². The van der Waals surface area contributed by atoms with Gasteiger partial charge in [-0.3, -0.25) is 0 Å². The summed E-state index contributed by atoms with van der Waals surface area (Å²) in [4.78, 5) is 14.2. The molecular weight excluding hydrogens is 463 g/mol. The lowest BCUT2D eigenvalue weighted by molar-refractivity contribution is 0.270. The molecule has 0 radical (unpaired) electrons. The minimum atomic E-state index is 0. The van der Waals surface area contributed by atoms with Crippen LogP contribution < -0.4 is 15.5 Å². The molecule has 0 aliphatic carbocycles. The number of nitrogens with one attached hydrogen (secondary N) is 2. The van der Waals surface area contributed by atoms with Crippen molar-refractivity contribution >= 4 is 35.8 Å². The average molecular weight is 502 g/mol. The molecule has 160 valence electrons. The van der Waals surface area contributed by atoms with E-state index in [0.29, 0.717) is 12.5 Å². The van der Waals surface area contributed by atoms with E-state index < -0.39 is 0 Å². The van der Waals surface area contributed by atoms with Crippen molar-refractivity contribution in [3.63, 3.8) is 0 Å². The van der Waals surface area contributed by atoms with Gasteiger partial charge in [0.2, 0.25) is 0 Å². The van der Waals surface area contributed by atoms with Crippen LogP contribution >= 0.6 is 24.0 Å². The molecule has 1 aliphatic rings. The normalized spacial score (nSPS) is 15.5. The number of likely N-dealkylation sites (N-methyl/N-ethyl adjacent to an activating group) is 1. The summed E-state index contributed by atoms with van der Waals surface area (Å²) in [5.74, 6) is 2.68. The highest BCUT2D eigenvalue weighted by molar-refractivity contribution is 14.0. The maximum atomic E-state index is 4.78. The SMILES string of the molecule is CCNC(=NCc1ccnc(N2CCN(CC)CC2)c1)NCC(CC)CC.I. The van der Waals surface area contributed by atoms with E-state index >= 15 is 0 Å². The number of guanidine groups is 1. The van der Waals surface area contributed by atoms with Crippen LogP contribution in [0.2, 0.25) is 0 Å². The number of hydrogen-bond acceptors (Lipinski definition) is 4. The summed E-state index contributed by atoms with van der Waals surface area (Å²) in [6.45, 7) is 16.8. The number of aromatic nitrogens is 1. The molecule has 0 saturated carbocycles. The molecule has 1 aromatic rings. The lowest BCUT2D eigenvalue weighted by Gasteiger charge is -2.34. The largest absolute Gasteiger partial charge is 0.357 e. The molecule has 6 nitrogen and oxygen atoms in total. The first-order valence-corrected chi connectivity index (χ1v) is 10.6. The van der Waals surface area contributed by atoms with Gasteiger partial charge in [-0.15, -0.1) is 24.0 Å². The maximum Gasteiger partial charge on any atom is 0.191 e. The molecule has 7 heteroatoms. The van der Waals surface area contributed by atoms with Crippen molar-refractivity contribution < 1.29 is 0 Å². The van der Waals surface area contributed by atoms with Crippen molar-refractivity contribution in [1.82, 2.24) is 20.5 Å². The van der Waals surface area contributed by atoms with E-state index in [1.54, 1.807) is 0 Å². The number of anilines is 1. The molecular formula is C21H39IN6. The van der Waals surface area contributed by atoms with Crippen molar-refractivity contribution in [3.8, 4) is 0 Å². The van der Waals surface area contributed by atoms with E-state index in [-0.39, 0.29) is 24.0 Å². The third-order valence-corrected chi connectivity index (χ3v) is 5.43. The second-order valence-electron chi connectivity index (χ2n) is 7.20. The molecule has 1 aliphatic heterocycles. The average Bonchev–Trinajstić information content (AvgIpc) is 2.73. The molecule has 2 rings (SSSR count). The Balaban J connectivity index is 0.00000392. The van der Waals surface area contributed by atoms with Crippen LogP contribution in [0.1, 0.15) is 46.1 Å². The van der Waals surface area contributed by atoms with E-state index in [1.807, 2.05) is 6.20 Å². The molecule has 28 heavy (non-hydrogen) atoms. The van der Waals surface area contributed by atoms with Crippen LogP contribution in [-0.2, 0) is 6.54 Å². The van der Waals surface area contributed by atoms with Crippen LogP contribution in [0.3, 0.4) is 0 Å². The van der Waals surface area contributed by atoms with Gasteiger partial charge in [0.15, 0.2) is 5.96 Å². The van der Waals surface area contributed by atoms with Gasteiger partial charge in [-0.2, -0.15) is 0 Å². The quantitative estimate of drug-likeness (QED) is 0.308. The van der Waals surface area contributed by atoms with Crippen LogP contribution in [0.25, 0.3) is 0 Å². The monoisotopic (exact) mass is 502 g/mol. The van der Waals surface area contributed by atoms with Gasteiger partial charge in [0.1, 0.15) is 5.82 Å². The van der Waals surface area contributed by atoms with Crippen molar-refractivity contribution in [1.29, 1.82) is 0 Å². The smallest absolute Gasteiger partial charge is 0.191 e. The highest BCUT2D eigenvalue weighted by Gasteiger charge is 2.16. The minimum absolute atomic E-state index is 0. The third-order valence-electron chi connectivity index (χ3n) is 5.43. The zero-order chi connectivity index (χ0) is 19.5. The van der Waals surface area contributed by atoms with Crippen molar-refractivity contribution in [3.05, 3.63) is 23.9 Å². The number of piperazine rings is 1. The first-order chi connectivity index (χ1) is 13.2. The zero-order valence-corrected chi connectivity index (χ0v) is 20.4. The number of halogens is 1. The Kier molecular flexibility index (Phi) is 12.5. The van der Waals surface area contributed by atoms with Gasteiger partial charge in [0.25, 0.3) is 0 Å². The lowest BCUT2D eigenvalue weighted by atomic mass is 10.0. The van der Waals surface area contributed by atoms with Gasteiger partial charge < -0.3 is 20.4 Å². The molecule has 1 fully saturated rings. The Labute approximate surface area is 188 Å². The fraction of sp³-hybridized carbons (Fsp3) is 0.714. The van der Waals surface area contributed by atoms with Crippen LogP contribution in [-0.4, -0.2) is 61.7 Å². The highest BCUT2D eigenvalue weighted by atomic mass is 127. The van der Waals surface area contributed by atoms with E-state index in [1.165, 1.54) is 18.4 Å². The summed E-state index contributed by atoms with van der Waals surface area (Å²) in [6, 6.07) is 4.26. The predicted octanol–water partition coefficient (Wildman–Crippen LogP) is 3.33. The first-order valence-electron chi connectivity index (χ1n) is 10.6. The summed E-state index contributed by atoms with van der Waals surface area (Å²) in [5, 5.41) is 6.84. The molecule has 0 unspecified atom stereocenters. The van der Waals surface area contributed by atoms with E-state index in [2.05, 4.69) is 65.2 Å². The topological polar surface area (TPSA) is 55.8 Å². The standard InChI is InChI=1S/C21H38N6.HI/c1-5-18(6-2)16-24-21(22-7-3)25-17-19-9-10-23-20(15-19)27-13-11-26(8-4)12-14-27;/h9-10,15,18H,5-8,11-14,16-17H2,1-4H3,(H2,22,24,25);1H. The Bertz CT molecular complexity index is 568. The molecule has 0 aromatic carbocycles. The molecule has 2 heterocycles. The van der Waals surface area contributed by atoms with Crippen molar-refractivity contribution in [2.24, 2.45) is 10.9 Å². The summed E-state index contributed by atoms with van der Waals surface area (Å²) in [6.07, 6.45) is 4.31. The van der Waals surface area contributed by atoms with Crippen LogP contribution in [0.4, 0.5) is 5.82 Å². The summed E-state index contributed by atoms with van der Waals surface area (Å²) >= 11 is 0. The number of hydrogen-bond donors (Lipinski definition) is 2. The minimum Gasteiger partial charge on any atom is -0.357 e. The van der Waals surface area contributed by atoms with Gasteiger partial charge in [-0.25, -0.2) is 9.98 Å². The van der Waals surface area contributed by atoms with Gasteiger partial charge in [0, 0.05) is 45.5 Å². The number of aliphatic imine (C=N–C) groups is 1. The number of pyridine rings is 1. The molecule has 0 bridgehead atoms. The maximum absolute atomic E-state index is 4.78. The van der Waals surface area contributed by atoms with E-state index in [9.17, 15) is 0 Å². The summed E-state index contributed by atoms with van der Waals surface area (Å²) < 4.78 is 0. The molecule has 0 amide bonds. The number of rotatable bonds is 9. The second-order valence-corrected chi connectivity index (χ2v) is 7.20. The van der Waals surface area contributed by atoms with E-state index in [0.717, 1.165) is 57.6 Å². The predicted molar refractivity (Wildman–Crippen MR) is 131 cm³/mol. The second kappa shape index (κ2) is 14.0. The van der Waals surface area contributed by atoms with E-state index in [4.69, 9.17) is 4.99 Å². The Morgan fingerprint density at radius 2 is 1.82 bits per heavy atom. The fourth-order valence-electron chi connectivity index (χ4n) is 3.36. The molecule has 1 saturated heterocycles. The Morgan fingerprint density at radius 3 is 2.43 bits per heavy atom. The molecule has 0 spiro atoms. The van der Waals surface area contributed by atoms with Gasteiger partial charge in [-0.1, -0.05) is 33.6 Å². The van der Waals surface area contributed by atoms with Gasteiger partial charge in [-0.05, 0) is 37.1 Å². The lowest BCUT2D eigenvalue weighted by Crippen LogP contribution is -2.46. The summed E-state index contributed by atoms with van der Waals surface area (Å²) in [7, 11) is 0. The number of nitrogens with zero attached hydrogens (tertiary/aromatic N) is 4. The summed E-state index contributed by atoms with van der Waals surface area (Å²) in [5.41, 5.74) is 1.21. The zero-order valence-electron chi connectivity index (χ0n) is 18.1. The van der Waals surface area contributed by atoms with Crippen molar-refractivity contribution in [2.75, 3.05) is 50.7 Å². The van der Waals surface area contributed by atoms with Gasteiger partial charge >= 0.3 is 0 Å². The Hall–Kier alpha value is -1.09. The third kappa shape index (κ3) is 8.11.